The third kappa shape index (κ3) is 7.25. The number of hydrogen-bond donors (Lipinski definition) is 1. The Hall–Kier alpha value is -3.99. The van der Waals surface area contributed by atoms with Gasteiger partial charge >= 0.3 is 11.9 Å². The molecule has 2 heterocycles. The van der Waals surface area contributed by atoms with Crippen LogP contribution in [0.3, 0.4) is 0 Å². The number of halogens is 1. The zero-order valence-electron chi connectivity index (χ0n) is 24.0. The number of methoxy groups -OCH3 is 1. The van der Waals surface area contributed by atoms with E-state index in [-0.39, 0.29) is 35.8 Å². The van der Waals surface area contributed by atoms with Crippen LogP contribution in [0.15, 0.2) is 73.1 Å². The highest BCUT2D eigenvalue weighted by atomic mass is 19.1. The molecular formula is C32H35FO9. The smallest absolute Gasteiger partial charge is 0.342 e. The van der Waals surface area contributed by atoms with Crippen molar-refractivity contribution >= 4 is 18.0 Å². The van der Waals surface area contributed by atoms with Gasteiger partial charge in [0.2, 0.25) is 0 Å². The Morgan fingerprint density at radius 2 is 1.95 bits per heavy atom. The van der Waals surface area contributed by atoms with E-state index in [0.717, 1.165) is 0 Å². The molecule has 0 amide bonds. The van der Waals surface area contributed by atoms with E-state index in [4.69, 9.17) is 28.4 Å². The lowest BCUT2D eigenvalue weighted by molar-refractivity contribution is -0.154. The molecule has 42 heavy (non-hydrogen) atoms. The highest BCUT2D eigenvalue weighted by Gasteiger charge is 2.48. The van der Waals surface area contributed by atoms with Gasteiger partial charge in [-0.3, -0.25) is 0 Å². The van der Waals surface area contributed by atoms with Crippen LogP contribution in [0, 0.1) is 5.92 Å². The van der Waals surface area contributed by atoms with Crippen molar-refractivity contribution in [3.63, 3.8) is 0 Å². The lowest BCUT2D eigenvalue weighted by Crippen LogP contribution is -2.39. The van der Waals surface area contributed by atoms with Crippen molar-refractivity contribution < 1.29 is 47.5 Å². The molecule has 3 unspecified atom stereocenters. The van der Waals surface area contributed by atoms with E-state index >= 15 is 4.39 Å². The number of hydrogen-bond acceptors (Lipinski definition) is 9. The molecule has 0 saturated carbocycles. The maximum atomic E-state index is 16.2. The maximum absolute atomic E-state index is 16.2. The summed E-state index contributed by atoms with van der Waals surface area (Å²) in [7, 11) is 1.42. The van der Waals surface area contributed by atoms with Crippen LogP contribution < -0.4 is 4.74 Å². The molecular weight excluding hydrogens is 547 g/mol. The molecule has 0 aliphatic carbocycles. The van der Waals surface area contributed by atoms with Crippen LogP contribution >= 0.6 is 0 Å². The van der Waals surface area contributed by atoms with Crippen LogP contribution in [0.2, 0.25) is 0 Å². The summed E-state index contributed by atoms with van der Waals surface area (Å²) in [6, 6.07) is 10.9. The predicted molar refractivity (Wildman–Crippen MR) is 151 cm³/mol. The minimum absolute atomic E-state index is 0.0463. The first kappa shape index (κ1) is 31.0. The Kier molecular flexibility index (Phi) is 9.82. The molecule has 0 spiro atoms. The Morgan fingerprint density at radius 3 is 2.64 bits per heavy atom. The summed E-state index contributed by atoms with van der Waals surface area (Å²) in [4.78, 5) is 26.5. The van der Waals surface area contributed by atoms with Crippen LogP contribution in [0.25, 0.3) is 6.08 Å². The average molecular weight is 583 g/mol. The predicted octanol–water partition coefficient (Wildman–Crippen LogP) is 5.74. The first-order chi connectivity index (χ1) is 20.0. The second-order valence-corrected chi connectivity index (χ2v) is 10.4. The number of carbonyl (C=O) groups is 2. The quantitative estimate of drug-likeness (QED) is 0.259. The van der Waals surface area contributed by atoms with E-state index < -0.39 is 53.9 Å². The van der Waals surface area contributed by atoms with Gasteiger partial charge in [0, 0.05) is 19.1 Å². The molecule has 2 aliphatic heterocycles. The van der Waals surface area contributed by atoms with E-state index in [0.29, 0.717) is 5.56 Å². The van der Waals surface area contributed by atoms with Gasteiger partial charge in [-0.05, 0) is 57.0 Å². The van der Waals surface area contributed by atoms with Gasteiger partial charge in [0.1, 0.15) is 35.1 Å². The molecule has 4 rings (SSSR count). The SMILES string of the molecule is C=C[C@@H]1/C=C(/F)C(OC(=O)c2ccccc2)C2OC(C)(C)OC2C/C=C/c2cc(O)cc(OCOC)c2C(=O)O[C@H]1C. The number of phenols is 1. The van der Waals surface area contributed by atoms with Crippen LogP contribution in [0.4, 0.5) is 4.39 Å². The van der Waals surface area contributed by atoms with Gasteiger partial charge in [-0.25, -0.2) is 14.0 Å². The second kappa shape index (κ2) is 13.3. The normalized spacial score (nSPS) is 27.7. The van der Waals surface area contributed by atoms with Crippen molar-refractivity contribution in [3.8, 4) is 11.5 Å². The fourth-order valence-electron chi connectivity index (χ4n) is 4.86. The van der Waals surface area contributed by atoms with Crippen molar-refractivity contribution in [2.45, 2.75) is 57.4 Å². The summed E-state index contributed by atoms with van der Waals surface area (Å²) in [6.07, 6.45) is 1.94. The zero-order chi connectivity index (χ0) is 30.4. The highest BCUT2D eigenvalue weighted by Crippen LogP contribution is 2.37. The summed E-state index contributed by atoms with van der Waals surface area (Å²) < 4.78 is 50.3. The van der Waals surface area contributed by atoms with Gasteiger partial charge in [-0.1, -0.05) is 36.4 Å². The Balaban J connectivity index is 1.80. The van der Waals surface area contributed by atoms with Crippen LogP contribution in [-0.2, 0) is 23.7 Å². The van der Waals surface area contributed by atoms with Crippen molar-refractivity contribution in [1.29, 1.82) is 0 Å². The number of aromatic hydroxyl groups is 1. The minimum Gasteiger partial charge on any atom is -0.508 e. The fourth-order valence-corrected chi connectivity index (χ4v) is 4.86. The van der Waals surface area contributed by atoms with Gasteiger partial charge in [0.05, 0.1) is 11.7 Å². The highest BCUT2D eigenvalue weighted by molar-refractivity contribution is 5.97. The van der Waals surface area contributed by atoms with Gasteiger partial charge in [0.25, 0.3) is 0 Å². The number of phenolic OH excluding ortho intramolecular Hbond substituents is 1. The van der Waals surface area contributed by atoms with Crippen LogP contribution in [0.1, 0.15) is 53.5 Å². The van der Waals surface area contributed by atoms with Crippen molar-refractivity contribution in [2.24, 2.45) is 5.92 Å². The molecule has 1 saturated heterocycles. The molecule has 2 aromatic rings. The number of ether oxygens (including phenoxy) is 6. The molecule has 5 atom stereocenters. The lowest BCUT2D eigenvalue weighted by Gasteiger charge is -2.27. The average Bonchev–Trinajstić information content (AvgIpc) is 3.26. The number of esters is 2. The molecule has 224 valence electrons. The summed E-state index contributed by atoms with van der Waals surface area (Å²) >= 11 is 0. The molecule has 2 aliphatic rings. The first-order valence-electron chi connectivity index (χ1n) is 13.5. The van der Waals surface area contributed by atoms with Gasteiger partial charge in [0.15, 0.2) is 18.7 Å². The first-order valence-corrected chi connectivity index (χ1v) is 13.5. The van der Waals surface area contributed by atoms with Crippen molar-refractivity contribution in [1.82, 2.24) is 0 Å². The number of carbonyl (C=O) groups excluding carboxylic acids is 2. The number of benzene rings is 2. The summed E-state index contributed by atoms with van der Waals surface area (Å²) in [5, 5.41) is 10.4. The molecule has 1 N–H and O–H groups in total. The standard InChI is InChI=1S/C32H35FO9/c1-6-20-16-24(33)28(40-30(35)21-11-8-7-9-12-21)29-25(41-32(3,4)42-29)14-10-13-22-15-23(34)17-26(38-18-37-5)27(22)31(36)39-19(20)2/h6-13,15-17,19-20,25,28-29,34H,1,14,18H2,2-5H3/b13-10+,24-16+/t19-,20+,25?,28?,29?/m0/s1. The topological polar surface area (TPSA) is 110 Å². The summed E-state index contributed by atoms with van der Waals surface area (Å²) in [5.41, 5.74) is 0.603. The van der Waals surface area contributed by atoms with E-state index in [9.17, 15) is 14.7 Å². The summed E-state index contributed by atoms with van der Waals surface area (Å²) in [5.74, 6) is -4.34. The van der Waals surface area contributed by atoms with Gasteiger partial charge in [-0.2, -0.15) is 0 Å². The van der Waals surface area contributed by atoms with E-state index in [2.05, 4.69) is 6.58 Å². The maximum Gasteiger partial charge on any atom is 0.342 e. The van der Waals surface area contributed by atoms with Crippen molar-refractivity contribution in [2.75, 3.05) is 13.9 Å². The van der Waals surface area contributed by atoms with E-state index in [1.165, 1.54) is 31.4 Å². The molecule has 10 heteroatoms. The minimum atomic E-state index is -1.48. The molecule has 2 aromatic carbocycles. The number of rotatable bonds is 6. The second-order valence-electron chi connectivity index (χ2n) is 10.4. The molecule has 9 nitrogen and oxygen atoms in total. The van der Waals surface area contributed by atoms with E-state index in [1.54, 1.807) is 63.3 Å². The Labute approximate surface area is 244 Å². The van der Waals surface area contributed by atoms with Gasteiger partial charge < -0.3 is 33.5 Å². The molecule has 0 radical (unpaired) electrons. The van der Waals surface area contributed by atoms with E-state index in [1.807, 2.05) is 0 Å². The third-order valence-corrected chi connectivity index (χ3v) is 6.81. The Morgan fingerprint density at radius 1 is 1.21 bits per heavy atom. The largest absolute Gasteiger partial charge is 0.508 e. The van der Waals surface area contributed by atoms with Crippen molar-refractivity contribution in [3.05, 3.63) is 89.8 Å². The monoisotopic (exact) mass is 582 g/mol. The van der Waals surface area contributed by atoms with Crippen LogP contribution in [0.5, 0.6) is 11.5 Å². The zero-order valence-corrected chi connectivity index (χ0v) is 24.0. The fraction of sp³-hybridized carbons (Fsp3) is 0.375. The third-order valence-electron chi connectivity index (χ3n) is 6.81. The number of fused-ring (bicyclic) bond motifs is 2. The number of cyclic esters (lactones) is 1. The summed E-state index contributed by atoms with van der Waals surface area (Å²) in [6.45, 7) is 8.55. The molecule has 0 aromatic heterocycles. The van der Waals surface area contributed by atoms with Gasteiger partial charge in [-0.15, -0.1) is 6.58 Å². The Bertz CT molecular complexity index is 1350. The lowest BCUT2D eigenvalue weighted by atomic mass is 9.97. The molecule has 0 bridgehead atoms. The van der Waals surface area contributed by atoms with Crippen LogP contribution in [-0.4, -0.2) is 61.2 Å². The molecule has 1 fully saturated rings.